The molecule has 0 fully saturated rings. The fourth-order valence-electron chi connectivity index (χ4n) is 3.61. The first kappa shape index (κ1) is 26.8. The lowest BCUT2D eigenvalue weighted by Gasteiger charge is -2.31. The van der Waals surface area contributed by atoms with Crippen LogP contribution in [0.5, 0.6) is 0 Å². The fourth-order valence-corrected chi connectivity index (χ4v) is 3.61. The normalized spacial score (nSPS) is 13.4. The summed E-state index contributed by atoms with van der Waals surface area (Å²) in [6, 6.07) is 7.63. The zero-order valence-corrected chi connectivity index (χ0v) is 20.3. The van der Waals surface area contributed by atoms with Crippen LogP contribution < -0.4 is 5.32 Å². The minimum Gasteiger partial charge on any atom is -0.337 e. The number of nitrogens with one attached hydrogen (secondary N) is 1. The van der Waals surface area contributed by atoms with Crippen molar-refractivity contribution in [3.8, 4) is 0 Å². The maximum Gasteiger partial charge on any atom is 0.194 e. The van der Waals surface area contributed by atoms with Crippen LogP contribution in [0.1, 0.15) is 91.7 Å². The number of Topliss-reactive ketones (excluding diaryl/α,β-unsaturated/α-hetero) is 2. The second-order valence-corrected chi connectivity index (χ2v) is 7.98. The van der Waals surface area contributed by atoms with Gasteiger partial charge in [-0.3, -0.25) is 14.5 Å². The predicted octanol–water partition coefficient (Wildman–Crippen LogP) is 6.32. The Kier molecular flexibility index (Phi) is 12.7. The van der Waals surface area contributed by atoms with Gasteiger partial charge in [0.2, 0.25) is 0 Å². The highest BCUT2D eigenvalue weighted by atomic mass is 16.1. The lowest BCUT2D eigenvalue weighted by molar-refractivity contribution is -0.124. The molecule has 0 spiro atoms. The van der Waals surface area contributed by atoms with Gasteiger partial charge in [-0.2, -0.15) is 0 Å². The number of benzene rings is 1. The third kappa shape index (κ3) is 9.18. The number of amidine groups is 1. The number of carbonyl (C=O) groups is 2. The number of anilines is 1. The lowest BCUT2D eigenvalue weighted by Crippen LogP contribution is -2.35. The molecule has 0 bridgehead atoms. The van der Waals surface area contributed by atoms with Gasteiger partial charge in [-0.25, -0.2) is 4.99 Å². The van der Waals surface area contributed by atoms with E-state index in [9.17, 15) is 9.59 Å². The van der Waals surface area contributed by atoms with Gasteiger partial charge in [0.05, 0.1) is 6.04 Å². The van der Waals surface area contributed by atoms with Crippen molar-refractivity contribution in [2.75, 3.05) is 18.4 Å². The van der Waals surface area contributed by atoms with Gasteiger partial charge in [0.1, 0.15) is 0 Å². The summed E-state index contributed by atoms with van der Waals surface area (Å²) in [5, 5.41) is 3.13. The van der Waals surface area contributed by atoms with E-state index in [1.54, 1.807) is 0 Å². The Bertz CT molecular complexity index is 750. The van der Waals surface area contributed by atoms with Crippen molar-refractivity contribution in [2.24, 2.45) is 4.99 Å². The molecule has 5 heteroatoms. The van der Waals surface area contributed by atoms with Gasteiger partial charge < -0.3 is 5.32 Å². The van der Waals surface area contributed by atoms with E-state index in [2.05, 4.69) is 29.1 Å². The highest BCUT2D eigenvalue weighted by Crippen LogP contribution is 2.26. The van der Waals surface area contributed by atoms with Crippen molar-refractivity contribution in [1.29, 1.82) is 0 Å². The monoisotopic (exact) mass is 427 g/mol. The number of nitrogens with zero attached hydrogens (tertiary/aromatic N) is 2. The second kappa shape index (κ2) is 14.7. The summed E-state index contributed by atoms with van der Waals surface area (Å²) >= 11 is 0. The van der Waals surface area contributed by atoms with Gasteiger partial charge in [-0.05, 0) is 57.0 Å². The molecule has 1 aromatic carbocycles. The number of rotatable bonds is 14. The van der Waals surface area contributed by atoms with Gasteiger partial charge in [0.15, 0.2) is 17.4 Å². The van der Waals surface area contributed by atoms with Crippen LogP contribution in [0.4, 0.5) is 5.69 Å². The Balaban J connectivity index is 3.12. The summed E-state index contributed by atoms with van der Waals surface area (Å²) in [6.45, 7) is 13.6. The molecule has 0 saturated heterocycles. The van der Waals surface area contributed by atoms with Gasteiger partial charge >= 0.3 is 0 Å². The molecule has 1 aromatic rings. The Morgan fingerprint density at radius 3 is 2.19 bits per heavy atom. The van der Waals surface area contributed by atoms with Crippen molar-refractivity contribution in [2.45, 2.75) is 86.1 Å². The number of allylic oxidation sites excluding steroid dienone is 2. The molecule has 1 N–H and O–H groups in total. The molecule has 0 saturated carbocycles. The molecule has 0 amide bonds. The molecular weight excluding hydrogens is 386 g/mol. The summed E-state index contributed by atoms with van der Waals surface area (Å²) in [6.07, 6.45) is 7.83. The Labute approximate surface area is 189 Å². The van der Waals surface area contributed by atoms with Crippen LogP contribution in [0.2, 0.25) is 0 Å². The fraction of sp³-hybridized carbons (Fsp3) is 0.577. The maximum absolute atomic E-state index is 12.9. The van der Waals surface area contributed by atoms with Crippen LogP contribution in [0.3, 0.4) is 0 Å². The zero-order chi connectivity index (χ0) is 23.2. The lowest BCUT2D eigenvalue weighted by atomic mass is 9.98. The van der Waals surface area contributed by atoms with Gasteiger partial charge in [0.25, 0.3) is 0 Å². The summed E-state index contributed by atoms with van der Waals surface area (Å²) in [7, 11) is 0. The summed E-state index contributed by atoms with van der Waals surface area (Å²) < 4.78 is 0. The van der Waals surface area contributed by atoms with Crippen LogP contribution in [0.25, 0.3) is 0 Å². The molecule has 5 nitrogen and oxygen atoms in total. The van der Waals surface area contributed by atoms with Gasteiger partial charge in [0, 0.05) is 24.7 Å². The number of carbonyl (C=O) groups excluding carboxylic acids is 2. The third-order valence-corrected chi connectivity index (χ3v) is 5.19. The average molecular weight is 428 g/mol. The smallest absolute Gasteiger partial charge is 0.194 e. The maximum atomic E-state index is 12.9. The van der Waals surface area contributed by atoms with E-state index >= 15 is 0 Å². The first-order valence-corrected chi connectivity index (χ1v) is 11.8. The second-order valence-electron chi connectivity index (χ2n) is 7.98. The number of unbranched alkanes of at least 4 members (excludes halogenated alkanes) is 2. The standard InChI is InChI=1S/C26H41N3O2/c1-7-11-12-19-29(18-9-3)25(24(31)10-4)22-14-16-23(17-15-22)28-26(21(6)30)27-20(5)13-8-2/h13-17,25H,7-12,18-19H2,1-6H3,(H,27,28)/b20-13-. The van der Waals surface area contributed by atoms with Crippen LogP contribution >= 0.6 is 0 Å². The van der Waals surface area contributed by atoms with Crippen LogP contribution in [0, 0.1) is 0 Å². The Morgan fingerprint density at radius 1 is 1.00 bits per heavy atom. The molecular formula is C26H41N3O2. The molecule has 0 aliphatic heterocycles. The van der Waals surface area contributed by atoms with Crippen molar-refractivity contribution in [3.63, 3.8) is 0 Å². The van der Waals surface area contributed by atoms with Crippen molar-refractivity contribution >= 4 is 23.1 Å². The number of hydrogen-bond acceptors (Lipinski definition) is 4. The molecule has 0 radical (unpaired) electrons. The molecule has 0 aliphatic carbocycles. The number of hydrogen-bond donors (Lipinski definition) is 1. The van der Waals surface area contributed by atoms with E-state index in [-0.39, 0.29) is 17.6 Å². The summed E-state index contributed by atoms with van der Waals surface area (Å²) in [4.78, 5) is 31.6. The molecule has 31 heavy (non-hydrogen) atoms. The topological polar surface area (TPSA) is 61.8 Å². The Morgan fingerprint density at radius 2 is 1.68 bits per heavy atom. The van der Waals surface area contributed by atoms with Crippen LogP contribution in [-0.2, 0) is 9.59 Å². The van der Waals surface area contributed by atoms with Crippen LogP contribution in [-0.4, -0.2) is 35.4 Å². The first-order chi connectivity index (χ1) is 14.9. The number of aliphatic imine (C=N–C) groups is 1. The predicted molar refractivity (Wildman–Crippen MR) is 132 cm³/mol. The van der Waals surface area contributed by atoms with Crippen molar-refractivity contribution in [1.82, 2.24) is 4.90 Å². The number of ketones is 2. The third-order valence-electron chi connectivity index (χ3n) is 5.19. The largest absolute Gasteiger partial charge is 0.337 e. The highest BCUT2D eigenvalue weighted by Gasteiger charge is 2.25. The van der Waals surface area contributed by atoms with Crippen molar-refractivity contribution in [3.05, 3.63) is 41.6 Å². The van der Waals surface area contributed by atoms with E-state index in [1.165, 1.54) is 19.8 Å². The van der Waals surface area contributed by atoms with Crippen LogP contribution in [0.15, 0.2) is 41.0 Å². The van der Waals surface area contributed by atoms with E-state index in [0.717, 1.165) is 49.3 Å². The van der Waals surface area contributed by atoms with Gasteiger partial charge in [-0.1, -0.05) is 58.7 Å². The zero-order valence-electron chi connectivity index (χ0n) is 20.3. The van der Waals surface area contributed by atoms with E-state index in [1.807, 2.05) is 51.1 Å². The molecule has 172 valence electrons. The molecule has 0 heterocycles. The molecule has 0 aliphatic rings. The van der Waals surface area contributed by atoms with Gasteiger partial charge in [-0.15, -0.1) is 0 Å². The quantitative estimate of drug-likeness (QED) is 0.214. The SMILES string of the molecule is CC/C=C(/C)N=C(Nc1ccc(C(C(=O)CC)N(CCC)CCCCC)cc1)C(C)=O. The molecule has 1 unspecified atom stereocenters. The van der Waals surface area contributed by atoms with E-state index < -0.39 is 0 Å². The molecule has 0 aromatic heterocycles. The minimum atomic E-state index is -0.216. The minimum absolute atomic E-state index is 0.114. The first-order valence-electron chi connectivity index (χ1n) is 11.8. The average Bonchev–Trinajstić information content (AvgIpc) is 2.74. The van der Waals surface area contributed by atoms with Crippen molar-refractivity contribution < 1.29 is 9.59 Å². The Hall–Kier alpha value is -2.27. The van der Waals surface area contributed by atoms with E-state index in [4.69, 9.17) is 0 Å². The van der Waals surface area contributed by atoms with E-state index in [0.29, 0.717) is 12.3 Å². The summed E-state index contributed by atoms with van der Waals surface area (Å²) in [5.74, 6) is 0.456. The summed E-state index contributed by atoms with van der Waals surface area (Å²) in [5.41, 5.74) is 2.61. The molecule has 1 rings (SSSR count). The highest BCUT2D eigenvalue weighted by molar-refractivity contribution is 6.42. The molecule has 1 atom stereocenters.